The summed E-state index contributed by atoms with van der Waals surface area (Å²) >= 11 is 0. The van der Waals surface area contributed by atoms with E-state index in [4.69, 9.17) is 0 Å². The summed E-state index contributed by atoms with van der Waals surface area (Å²) in [6, 6.07) is 13.2. The molecule has 1 N–H and O–H groups in total. The first kappa shape index (κ1) is 17.5. The zero-order valence-corrected chi connectivity index (χ0v) is 14.7. The summed E-state index contributed by atoms with van der Waals surface area (Å²) in [5.74, 6) is 0.631. The van der Waals surface area contributed by atoms with E-state index in [1.807, 2.05) is 42.3 Å². The van der Waals surface area contributed by atoms with Gasteiger partial charge in [-0.05, 0) is 48.4 Å². The number of anilines is 1. The van der Waals surface area contributed by atoms with Crippen molar-refractivity contribution in [1.29, 1.82) is 0 Å². The molecule has 0 unspecified atom stereocenters. The maximum atomic E-state index is 12.4. The third-order valence-electron chi connectivity index (χ3n) is 4.04. The second-order valence-corrected chi connectivity index (χ2v) is 5.93. The number of carbonyl (C=O) groups is 1. The largest absolute Gasteiger partial charge is 0.359 e. The van der Waals surface area contributed by atoms with Crippen LogP contribution in [0.5, 0.6) is 0 Å². The van der Waals surface area contributed by atoms with Gasteiger partial charge in [-0.3, -0.25) is 14.8 Å². The summed E-state index contributed by atoms with van der Waals surface area (Å²) in [7, 11) is 1.97. The van der Waals surface area contributed by atoms with Gasteiger partial charge in [0.2, 0.25) is 0 Å². The minimum atomic E-state index is -0.137. The van der Waals surface area contributed by atoms with Crippen molar-refractivity contribution in [1.82, 2.24) is 20.3 Å². The van der Waals surface area contributed by atoms with Gasteiger partial charge < -0.3 is 10.2 Å². The molecule has 6 nitrogen and oxygen atoms in total. The van der Waals surface area contributed by atoms with Gasteiger partial charge in [-0.15, -0.1) is 0 Å². The molecule has 3 aromatic heterocycles. The van der Waals surface area contributed by atoms with Crippen molar-refractivity contribution >= 4 is 11.7 Å². The number of pyridine rings is 3. The molecule has 3 rings (SSSR count). The first-order valence-corrected chi connectivity index (χ1v) is 8.46. The molecule has 0 aromatic carbocycles. The normalized spacial score (nSPS) is 10.3. The predicted molar refractivity (Wildman–Crippen MR) is 101 cm³/mol. The van der Waals surface area contributed by atoms with E-state index >= 15 is 0 Å². The van der Waals surface area contributed by atoms with Crippen LogP contribution in [0.4, 0.5) is 5.82 Å². The van der Waals surface area contributed by atoms with Gasteiger partial charge in [0.05, 0.1) is 12.2 Å². The van der Waals surface area contributed by atoms with Crippen LogP contribution in [0.1, 0.15) is 21.6 Å². The fraction of sp³-hybridized carbons (Fsp3) is 0.200. The number of nitrogens with zero attached hydrogens (tertiary/aromatic N) is 4. The molecule has 6 heteroatoms. The molecule has 0 aliphatic heterocycles. The minimum Gasteiger partial charge on any atom is -0.359 e. The molecule has 0 saturated heterocycles. The summed E-state index contributed by atoms with van der Waals surface area (Å²) in [6.45, 7) is 1.20. The molecule has 0 bridgehead atoms. The molecule has 26 heavy (non-hydrogen) atoms. The Morgan fingerprint density at radius 2 is 1.88 bits per heavy atom. The molecular formula is C20H21N5O. The number of hydrogen-bond donors (Lipinski definition) is 1. The van der Waals surface area contributed by atoms with Crippen molar-refractivity contribution in [2.45, 2.75) is 13.0 Å². The average molecular weight is 347 g/mol. The highest BCUT2D eigenvalue weighted by molar-refractivity contribution is 5.94. The molecule has 0 saturated carbocycles. The van der Waals surface area contributed by atoms with Crippen LogP contribution in [-0.2, 0) is 13.0 Å². The van der Waals surface area contributed by atoms with Crippen LogP contribution in [0.3, 0.4) is 0 Å². The van der Waals surface area contributed by atoms with Crippen LogP contribution in [-0.4, -0.2) is 34.5 Å². The van der Waals surface area contributed by atoms with E-state index in [2.05, 4.69) is 20.3 Å². The van der Waals surface area contributed by atoms with Crippen LogP contribution in [0.25, 0.3) is 0 Å². The topological polar surface area (TPSA) is 71.0 Å². The zero-order valence-electron chi connectivity index (χ0n) is 14.7. The van der Waals surface area contributed by atoms with E-state index in [0.29, 0.717) is 12.1 Å². The second kappa shape index (κ2) is 8.71. The molecule has 0 aliphatic rings. The van der Waals surface area contributed by atoms with Crippen LogP contribution >= 0.6 is 0 Å². The van der Waals surface area contributed by atoms with Crippen LogP contribution in [0.2, 0.25) is 0 Å². The number of carbonyl (C=O) groups excluding carboxylic acids is 1. The monoisotopic (exact) mass is 347 g/mol. The SMILES string of the molecule is CN(CCc1ccncc1)c1cc(C(=O)NCc2ccccn2)ccn1. The molecule has 0 atom stereocenters. The van der Waals surface area contributed by atoms with E-state index in [1.165, 1.54) is 5.56 Å². The van der Waals surface area contributed by atoms with E-state index in [1.54, 1.807) is 36.9 Å². The summed E-state index contributed by atoms with van der Waals surface area (Å²) in [4.78, 5) is 27.0. The molecule has 3 heterocycles. The minimum absolute atomic E-state index is 0.137. The molecule has 0 radical (unpaired) electrons. The predicted octanol–water partition coefficient (Wildman–Crippen LogP) is 2.48. The summed E-state index contributed by atoms with van der Waals surface area (Å²) in [5, 5.41) is 2.88. The molecule has 132 valence electrons. The van der Waals surface area contributed by atoms with Crippen molar-refractivity contribution in [3.8, 4) is 0 Å². The molecule has 0 aliphatic carbocycles. The lowest BCUT2D eigenvalue weighted by atomic mass is 10.2. The fourth-order valence-corrected chi connectivity index (χ4v) is 2.50. The number of likely N-dealkylation sites (N-methyl/N-ethyl adjacent to an activating group) is 1. The van der Waals surface area contributed by atoms with Gasteiger partial charge in [-0.2, -0.15) is 0 Å². The average Bonchev–Trinajstić information content (AvgIpc) is 2.72. The highest BCUT2D eigenvalue weighted by Gasteiger charge is 2.09. The molecule has 1 amide bonds. The first-order valence-electron chi connectivity index (χ1n) is 8.46. The Morgan fingerprint density at radius 3 is 2.65 bits per heavy atom. The van der Waals surface area contributed by atoms with E-state index in [9.17, 15) is 4.79 Å². The van der Waals surface area contributed by atoms with Crippen molar-refractivity contribution in [2.75, 3.05) is 18.5 Å². The Balaban J connectivity index is 1.59. The third-order valence-corrected chi connectivity index (χ3v) is 4.04. The zero-order chi connectivity index (χ0) is 18.2. The Kier molecular flexibility index (Phi) is 5.88. The quantitative estimate of drug-likeness (QED) is 0.711. The van der Waals surface area contributed by atoms with Gasteiger partial charge in [0.15, 0.2) is 0 Å². The third kappa shape index (κ3) is 4.86. The number of hydrogen-bond acceptors (Lipinski definition) is 5. The highest BCUT2D eigenvalue weighted by Crippen LogP contribution is 2.12. The highest BCUT2D eigenvalue weighted by atomic mass is 16.1. The first-order chi connectivity index (χ1) is 12.7. The standard InChI is InChI=1S/C20H21N5O/c1-25(13-8-16-5-10-21-11-6-16)19-14-17(7-12-23-19)20(26)24-15-18-4-2-3-9-22-18/h2-7,9-12,14H,8,13,15H2,1H3,(H,24,26). The Hall–Kier alpha value is -3.28. The fourth-order valence-electron chi connectivity index (χ4n) is 2.50. The van der Waals surface area contributed by atoms with Crippen LogP contribution < -0.4 is 10.2 Å². The van der Waals surface area contributed by atoms with Gasteiger partial charge >= 0.3 is 0 Å². The lowest BCUT2D eigenvalue weighted by molar-refractivity contribution is 0.0950. The summed E-state index contributed by atoms with van der Waals surface area (Å²) in [5.41, 5.74) is 2.63. The van der Waals surface area contributed by atoms with Crippen molar-refractivity contribution in [3.63, 3.8) is 0 Å². The maximum absolute atomic E-state index is 12.4. The number of rotatable bonds is 7. The van der Waals surface area contributed by atoms with Gasteiger partial charge in [0.1, 0.15) is 5.82 Å². The van der Waals surface area contributed by atoms with Crippen molar-refractivity contribution in [3.05, 3.63) is 84.1 Å². The van der Waals surface area contributed by atoms with Gasteiger partial charge in [0, 0.05) is 43.9 Å². The maximum Gasteiger partial charge on any atom is 0.251 e. The van der Waals surface area contributed by atoms with Crippen molar-refractivity contribution in [2.24, 2.45) is 0 Å². The number of aromatic nitrogens is 3. The lowest BCUT2D eigenvalue weighted by Gasteiger charge is -2.18. The van der Waals surface area contributed by atoms with E-state index in [-0.39, 0.29) is 5.91 Å². The number of amides is 1. The molecule has 3 aromatic rings. The second-order valence-electron chi connectivity index (χ2n) is 5.93. The van der Waals surface area contributed by atoms with Gasteiger partial charge in [-0.25, -0.2) is 4.98 Å². The Bertz CT molecular complexity index is 839. The smallest absolute Gasteiger partial charge is 0.251 e. The number of nitrogens with one attached hydrogen (secondary N) is 1. The van der Waals surface area contributed by atoms with Gasteiger partial charge in [-0.1, -0.05) is 6.07 Å². The van der Waals surface area contributed by atoms with Gasteiger partial charge in [0.25, 0.3) is 5.91 Å². The van der Waals surface area contributed by atoms with Crippen LogP contribution in [0.15, 0.2) is 67.3 Å². The Morgan fingerprint density at radius 1 is 1.04 bits per heavy atom. The van der Waals surface area contributed by atoms with E-state index < -0.39 is 0 Å². The molecule has 0 fully saturated rings. The summed E-state index contributed by atoms with van der Waals surface area (Å²) in [6.07, 6.45) is 7.84. The van der Waals surface area contributed by atoms with Crippen LogP contribution in [0, 0.1) is 0 Å². The lowest BCUT2D eigenvalue weighted by Crippen LogP contribution is -2.25. The van der Waals surface area contributed by atoms with E-state index in [0.717, 1.165) is 24.5 Å². The molecular weight excluding hydrogens is 326 g/mol. The van der Waals surface area contributed by atoms with Crippen molar-refractivity contribution < 1.29 is 4.79 Å². The Labute approximate surface area is 153 Å². The molecule has 0 spiro atoms. The summed E-state index contributed by atoms with van der Waals surface area (Å²) < 4.78 is 0.